The molecular weight excluding hydrogens is 353 g/mol. The van der Waals surface area contributed by atoms with Gasteiger partial charge < -0.3 is 5.32 Å². The molecule has 1 atom stereocenters. The molecule has 0 bridgehead atoms. The lowest BCUT2D eigenvalue weighted by Gasteiger charge is -2.34. The van der Waals surface area contributed by atoms with Gasteiger partial charge in [-0.15, -0.1) is 0 Å². The van der Waals surface area contributed by atoms with Crippen LogP contribution in [0.5, 0.6) is 0 Å². The largest absolute Gasteiger partial charge is 0.353 e. The number of nitrogens with one attached hydrogen (secondary N) is 1. The molecule has 1 fully saturated rings. The highest BCUT2D eigenvalue weighted by Gasteiger charge is 2.28. The summed E-state index contributed by atoms with van der Waals surface area (Å²) < 4.78 is 13.4. The third-order valence-corrected chi connectivity index (χ3v) is 5.37. The van der Waals surface area contributed by atoms with E-state index >= 15 is 0 Å². The van der Waals surface area contributed by atoms with E-state index < -0.39 is 0 Å². The van der Waals surface area contributed by atoms with Crippen molar-refractivity contribution >= 4 is 16.8 Å². The Bertz CT molecular complexity index is 1020. The van der Waals surface area contributed by atoms with E-state index in [9.17, 15) is 9.18 Å². The molecule has 144 valence electrons. The minimum absolute atomic E-state index is 0.0849. The highest BCUT2D eigenvalue weighted by Crippen LogP contribution is 2.28. The Morgan fingerprint density at radius 1 is 1.18 bits per heavy atom. The normalized spacial score (nSPS) is 17.7. The summed E-state index contributed by atoms with van der Waals surface area (Å²) in [5.74, 6) is -0.179. The maximum absolute atomic E-state index is 13.4. The number of halogens is 1. The van der Waals surface area contributed by atoms with Crippen LogP contribution in [0.15, 0.2) is 48.5 Å². The topological polar surface area (TPSA) is 45.2 Å². The zero-order valence-electron chi connectivity index (χ0n) is 16.2. The van der Waals surface area contributed by atoms with Crippen molar-refractivity contribution in [3.63, 3.8) is 0 Å². The lowest BCUT2D eigenvalue weighted by Crippen LogP contribution is -2.54. The van der Waals surface area contributed by atoms with Crippen molar-refractivity contribution in [2.45, 2.75) is 32.9 Å². The van der Waals surface area contributed by atoms with Crippen LogP contribution in [0.25, 0.3) is 22.2 Å². The van der Waals surface area contributed by atoms with Crippen LogP contribution in [-0.2, 0) is 11.3 Å². The molecule has 4 rings (SSSR count). The number of carbonyl (C=O) groups excluding carboxylic acids is 1. The molecule has 0 spiro atoms. The number of amides is 1. The number of aromatic nitrogens is 1. The number of piperazine rings is 1. The lowest BCUT2D eigenvalue weighted by atomic mass is 10.0. The molecule has 1 aliphatic rings. The molecular formula is C23H24FN3O. The SMILES string of the molecule is CC[C@@H]1C(=O)NCCN1Cc1cc2cc(C)ccc2nc1-c1ccc(F)cc1. The molecule has 1 amide bonds. The van der Waals surface area contributed by atoms with E-state index in [1.165, 1.54) is 17.7 Å². The first-order chi connectivity index (χ1) is 13.5. The van der Waals surface area contributed by atoms with Crippen LogP contribution in [0, 0.1) is 12.7 Å². The molecule has 3 aromatic rings. The van der Waals surface area contributed by atoms with Crippen molar-refractivity contribution in [2.75, 3.05) is 13.1 Å². The smallest absolute Gasteiger partial charge is 0.237 e. The second-order valence-corrected chi connectivity index (χ2v) is 7.38. The van der Waals surface area contributed by atoms with Gasteiger partial charge in [0.25, 0.3) is 0 Å². The fraction of sp³-hybridized carbons (Fsp3) is 0.304. The summed E-state index contributed by atoms with van der Waals surface area (Å²) in [5, 5.41) is 4.03. The fourth-order valence-corrected chi connectivity index (χ4v) is 3.93. The van der Waals surface area contributed by atoms with Gasteiger partial charge in [0.05, 0.1) is 17.3 Å². The molecule has 1 aliphatic heterocycles. The van der Waals surface area contributed by atoms with Crippen LogP contribution in [0.3, 0.4) is 0 Å². The van der Waals surface area contributed by atoms with Crippen LogP contribution in [0.1, 0.15) is 24.5 Å². The number of pyridine rings is 1. The molecule has 0 radical (unpaired) electrons. The summed E-state index contributed by atoms with van der Waals surface area (Å²) in [6.07, 6.45) is 0.762. The number of carbonyl (C=O) groups is 1. The Kier molecular flexibility index (Phi) is 5.09. The Labute approximate surface area is 164 Å². The number of hydrogen-bond donors (Lipinski definition) is 1. The molecule has 1 aromatic heterocycles. The van der Waals surface area contributed by atoms with Gasteiger partial charge in [0.2, 0.25) is 5.91 Å². The second-order valence-electron chi connectivity index (χ2n) is 7.38. The van der Waals surface area contributed by atoms with E-state index in [0.717, 1.165) is 40.7 Å². The molecule has 1 saturated heterocycles. The first-order valence-corrected chi connectivity index (χ1v) is 9.73. The maximum atomic E-state index is 13.4. The Balaban J connectivity index is 1.81. The predicted molar refractivity (Wildman–Crippen MR) is 109 cm³/mol. The highest BCUT2D eigenvalue weighted by molar-refractivity contribution is 5.84. The van der Waals surface area contributed by atoms with E-state index in [1.54, 1.807) is 12.1 Å². The van der Waals surface area contributed by atoms with E-state index in [0.29, 0.717) is 13.1 Å². The number of hydrogen-bond acceptors (Lipinski definition) is 3. The molecule has 2 aromatic carbocycles. The van der Waals surface area contributed by atoms with Crippen molar-refractivity contribution in [3.05, 3.63) is 65.5 Å². The Morgan fingerprint density at radius 3 is 2.71 bits per heavy atom. The summed E-state index contributed by atoms with van der Waals surface area (Å²) in [4.78, 5) is 19.4. The zero-order chi connectivity index (χ0) is 19.7. The summed E-state index contributed by atoms with van der Waals surface area (Å²) in [7, 11) is 0. The average Bonchev–Trinajstić information content (AvgIpc) is 2.68. The lowest BCUT2D eigenvalue weighted by molar-refractivity contribution is -0.129. The van der Waals surface area contributed by atoms with Gasteiger partial charge >= 0.3 is 0 Å². The second kappa shape index (κ2) is 7.68. The standard InChI is InChI=1S/C23H24FN3O/c1-3-21-23(28)25-10-11-27(21)14-18-13-17-12-15(2)4-9-20(17)26-22(18)16-5-7-19(24)8-6-16/h4-9,12-13,21H,3,10-11,14H2,1-2H3,(H,25,28)/t21-/m1/s1. The van der Waals surface area contributed by atoms with Crippen molar-refractivity contribution in [2.24, 2.45) is 0 Å². The van der Waals surface area contributed by atoms with Gasteiger partial charge in [-0.2, -0.15) is 0 Å². The van der Waals surface area contributed by atoms with Gasteiger partial charge in [0, 0.05) is 30.6 Å². The number of fused-ring (bicyclic) bond motifs is 1. The predicted octanol–water partition coefficient (Wildman–Crippen LogP) is 4.06. The van der Waals surface area contributed by atoms with Crippen molar-refractivity contribution in [3.8, 4) is 11.3 Å². The number of nitrogens with zero attached hydrogens (tertiary/aromatic N) is 2. The highest BCUT2D eigenvalue weighted by atomic mass is 19.1. The quantitative estimate of drug-likeness (QED) is 0.746. The molecule has 2 heterocycles. The van der Waals surface area contributed by atoms with Gasteiger partial charge in [-0.1, -0.05) is 18.6 Å². The Morgan fingerprint density at radius 2 is 1.96 bits per heavy atom. The minimum atomic E-state index is -0.263. The van der Waals surface area contributed by atoms with Crippen LogP contribution in [0.2, 0.25) is 0 Å². The van der Waals surface area contributed by atoms with Gasteiger partial charge in [-0.25, -0.2) is 9.37 Å². The monoisotopic (exact) mass is 377 g/mol. The van der Waals surface area contributed by atoms with E-state index in [4.69, 9.17) is 4.98 Å². The van der Waals surface area contributed by atoms with Crippen LogP contribution in [-0.4, -0.2) is 34.9 Å². The maximum Gasteiger partial charge on any atom is 0.237 e. The molecule has 0 unspecified atom stereocenters. The average molecular weight is 377 g/mol. The van der Waals surface area contributed by atoms with Crippen molar-refractivity contribution in [1.82, 2.24) is 15.2 Å². The molecule has 4 nitrogen and oxygen atoms in total. The summed E-state index contributed by atoms with van der Waals surface area (Å²) >= 11 is 0. The first-order valence-electron chi connectivity index (χ1n) is 9.73. The van der Waals surface area contributed by atoms with Gasteiger partial charge in [-0.3, -0.25) is 9.69 Å². The third kappa shape index (κ3) is 3.62. The molecule has 1 N–H and O–H groups in total. The number of rotatable bonds is 4. The van der Waals surface area contributed by atoms with E-state index in [-0.39, 0.29) is 17.8 Å². The van der Waals surface area contributed by atoms with Gasteiger partial charge in [0.1, 0.15) is 5.82 Å². The summed E-state index contributed by atoms with van der Waals surface area (Å²) in [5.41, 5.74) is 4.87. The van der Waals surface area contributed by atoms with Gasteiger partial charge in [-0.05, 0) is 61.4 Å². The molecule has 28 heavy (non-hydrogen) atoms. The number of aryl methyl sites for hydroxylation is 1. The van der Waals surface area contributed by atoms with Crippen molar-refractivity contribution < 1.29 is 9.18 Å². The third-order valence-electron chi connectivity index (χ3n) is 5.37. The zero-order valence-corrected chi connectivity index (χ0v) is 16.2. The number of benzene rings is 2. The first kappa shape index (κ1) is 18.6. The molecule has 5 heteroatoms. The van der Waals surface area contributed by atoms with Gasteiger partial charge in [0.15, 0.2) is 0 Å². The minimum Gasteiger partial charge on any atom is -0.353 e. The van der Waals surface area contributed by atoms with E-state index in [1.807, 2.05) is 19.1 Å². The summed E-state index contributed by atoms with van der Waals surface area (Å²) in [6.45, 7) is 6.19. The molecule has 0 saturated carbocycles. The van der Waals surface area contributed by atoms with E-state index in [2.05, 4.69) is 29.3 Å². The van der Waals surface area contributed by atoms with Crippen molar-refractivity contribution in [1.29, 1.82) is 0 Å². The summed E-state index contributed by atoms with van der Waals surface area (Å²) in [6, 6.07) is 14.7. The van der Waals surface area contributed by atoms with Crippen LogP contribution in [0.4, 0.5) is 4.39 Å². The fourth-order valence-electron chi connectivity index (χ4n) is 3.93. The molecule has 0 aliphatic carbocycles. The van der Waals surface area contributed by atoms with Crippen LogP contribution < -0.4 is 5.32 Å². The van der Waals surface area contributed by atoms with Crippen LogP contribution >= 0.6 is 0 Å². The Hall–Kier alpha value is -2.79.